The number of aromatic nitrogens is 3. The first-order valence-corrected chi connectivity index (χ1v) is 13.4. The van der Waals surface area contributed by atoms with E-state index in [9.17, 15) is 9.59 Å². The zero-order valence-corrected chi connectivity index (χ0v) is 22.6. The van der Waals surface area contributed by atoms with Gasteiger partial charge in [-0.05, 0) is 46.1 Å². The summed E-state index contributed by atoms with van der Waals surface area (Å²) >= 11 is 0. The van der Waals surface area contributed by atoms with Crippen molar-refractivity contribution in [1.29, 1.82) is 0 Å². The van der Waals surface area contributed by atoms with Crippen molar-refractivity contribution in [1.82, 2.24) is 25.2 Å². The Kier molecular flexibility index (Phi) is 10.7. The molecule has 0 spiro atoms. The summed E-state index contributed by atoms with van der Waals surface area (Å²) in [5.74, 6) is 0.831. The third-order valence-corrected chi connectivity index (χ3v) is 6.11. The van der Waals surface area contributed by atoms with Gasteiger partial charge in [-0.1, -0.05) is 38.0 Å². The van der Waals surface area contributed by atoms with E-state index in [1.54, 1.807) is 6.20 Å². The van der Waals surface area contributed by atoms with Gasteiger partial charge in [0.25, 0.3) is 0 Å². The fourth-order valence-corrected chi connectivity index (χ4v) is 4.30. The lowest BCUT2D eigenvalue weighted by atomic mass is 10.0. The van der Waals surface area contributed by atoms with Crippen LogP contribution in [0.25, 0.3) is 21.9 Å². The molecule has 0 radical (unpaired) electrons. The predicted octanol–water partition coefficient (Wildman–Crippen LogP) is 5.10. The van der Waals surface area contributed by atoms with Crippen LogP contribution in [-0.4, -0.2) is 51.8 Å². The van der Waals surface area contributed by atoms with Gasteiger partial charge in [-0.3, -0.25) is 9.78 Å². The summed E-state index contributed by atoms with van der Waals surface area (Å²) in [4.78, 5) is 33.7. The van der Waals surface area contributed by atoms with Crippen molar-refractivity contribution >= 4 is 33.9 Å². The summed E-state index contributed by atoms with van der Waals surface area (Å²) in [5.41, 5.74) is 2.23. The van der Waals surface area contributed by atoms with E-state index in [-0.39, 0.29) is 12.0 Å². The number of nitrogens with one attached hydrogen (secondary N) is 2. The number of imidazole rings is 1. The minimum Gasteiger partial charge on any atom is -0.450 e. The quantitative estimate of drug-likeness (QED) is 0.275. The Balaban J connectivity index is 1.56. The highest BCUT2D eigenvalue weighted by atomic mass is 16.5. The van der Waals surface area contributed by atoms with Gasteiger partial charge in [-0.15, -0.1) is 0 Å². The van der Waals surface area contributed by atoms with Crippen LogP contribution in [0.3, 0.4) is 0 Å². The molecule has 0 fully saturated rings. The number of benzene rings is 1. The molecule has 0 aliphatic carbocycles. The molecular weight excluding hydrogens is 470 g/mol. The molecule has 9 heteroatoms. The molecule has 1 aromatic carbocycles. The van der Waals surface area contributed by atoms with Gasteiger partial charge in [-0.2, -0.15) is 0 Å². The topological polar surface area (TPSA) is 107 Å². The Bertz CT molecular complexity index is 1170. The Morgan fingerprint density at radius 3 is 2.65 bits per heavy atom. The number of unbranched alkanes of at least 4 members (excludes halogenated alkanes) is 3. The summed E-state index contributed by atoms with van der Waals surface area (Å²) in [6.07, 6.45) is 6.16. The van der Waals surface area contributed by atoms with Crippen LogP contribution in [0.5, 0.6) is 0 Å². The number of nitrogens with zero attached hydrogens (tertiary/aromatic N) is 3. The van der Waals surface area contributed by atoms with Crippen molar-refractivity contribution in [3.8, 4) is 0 Å². The first-order valence-electron chi connectivity index (χ1n) is 13.4. The molecule has 0 saturated heterocycles. The smallest absolute Gasteiger partial charge is 0.407 e. The van der Waals surface area contributed by atoms with Crippen molar-refractivity contribution in [2.24, 2.45) is 0 Å². The van der Waals surface area contributed by atoms with Crippen LogP contribution in [-0.2, 0) is 27.4 Å². The number of hydrogen-bond acceptors (Lipinski definition) is 6. The highest BCUT2D eigenvalue weighted by molar-refractivity contribution is 6.02. The number of ether oxygens (including phenoxy) is 2. The number of para-hydroxylation sites is 1. The first kappa shape index (κ1) is 28.4. The highest BCUT2D eigenvalue weighted by Crippen LogP contribution is 2.26. The molecular formula is C28H41N5O4. The van der Waals surface area contributed by atoms with E-state index in [0.29, 0.717) is 39.3 Å². The molecule has 0 bridgehead atoms. The Morgan fingerprint density at radius 1 is 1.05 bits per heavy atom. The zero-order valence-electron chi connectivity index (χ0n) is 22.6. The maximum atomic E-state index is 12.7. The minimum atomic E-state index is -0.500. The van der Waals surface area contributed by atoms with E-state index in [1.165, 1.54) is 0 Å². The van der Waals surface area contributed by atoms with Crippen LogP contribution in [0.1, 0.15) is 72.0 Å². The second kappa shape index (κ2) is 13.9. The van der Waals surface area contributed by atoms with Crippen molar-refractivity contribution in [3.05, 3.63) is 36.3 Å². The molecule has 0 saturated carbocycles. The number of carbonyl (C=O) groups excluding carboxylic acids is 2. The average Bonchev–Trinajstić information content (AvgIpc) is 3.21. The maximum Gasteiger partial charge on any atom is 0.407 e. The van der Waals surface area contributed by atoms with Crippen LogP contribution < -0.4 is 10.6 Å². The normalized spacial score (nSPS) is 11.7. The number of hydrogen-bond donors (Lipinski definition) is 2. The largest absolute Gasteiger partial charge is 0.450 e. The number of alkyl carbamates (subject to hydrolysis) is 1. The van der Waals surface area contributed by atoms with Crippen LogP contribution >= 0.6 is 0 Å². The van der Waals surface area contributed by atoms with E-state index in [4.69, 9.17) is 14.5 Å². The first-order chi connectivity index (χ1) is 17.8. The molecule has 0 atom stereocenters. The summed E-state index contributed by atoms with van der Waals surface area (Å²) in [5, 5.41) is 6.98. The third-order valence-electron chi connectivity index (χ3n) is 6.11. The summed E-state index contributed by atoms with van der Waals surface area (Å²) in [7, 11) is 0. The molecule has 202 valence electrons. The van der Waals surface area contributed by atoms with Crippen LogP contribution in [0.4, 0.5) is 4.79 Å². The van der Waals surface area contributed by atoms with Crippen molar-refractivity contribution in [3.63, 3.8) is 0 Å². The molecule has 2 N–H and O–H groups in total. The summed E-state index contributed by atoms with van der Waals surface area (Å²) in [6.45, 7) is 10.6. The molecule has 2 amide bonds. The van der Waals surface area contributed by atoms with Crippen LogP contribution in [0.2, 0.25) is 0 Å². The molecule has 2 aromatic heterocycles. The van der Waals surface area contributed by atoms with Gasteiger partial charge in [0.15, 0.2) is 0 Å². The van der Waals surface area contributed by atoms with E-state index < -0.39 is 5.54 Å². The number of fused-ring (bicyclic) bond motifs is 3. The minimum absolute atomic E-state index is 0.0132. The number of rotatable bonds is 15. The van der Waals surface area contributed by atoms with Gasteiger partial charge in [-0.25, -0.2) is 9.78 Å². The lowest BCUT2D eigenvalue weighted by molar-refractivity contribution is -0.122. The molecule has 0 unspecified atom stereocenters. The monoisotopic (exact) mass is 511 g/mol. The zero-order chi connectivity index (χ0) is 26.7. The lowest BCUT2D eigenvalue weighted by Crippen LogP contribution is -2.46. The van der Waals surface area contributed by atoms with Gasteiger partial charge in [0, 0.05) is 31.5 Å². The Hall–Kier alpha value is -3.20. The van der Waals surface area contributed by atoms with Gasteiger partial charge >= 0.3 is 6.09 Å². The van der Waals surface area contributed by atoms with Gasteiger partial charge in [0.1, 0.15) is 17.9 Å². The molecule has 2 heterocycles. The second-order valence-electron chi connectivity index (χ2n) is 9.92. The van der Waals surface area contributed by atoms with Crippen molar-refractivity contribution in [2.75, 3.05) is 19.8 Å². The van der Waals surface area contributed by atoms with Gasteiger partial charge in [0.2, 0.25) is 5.91 Å². The molecule has 0 aliphatic heterocycles. The molecule has 37 heavy (non-hydrogen) atoms. The van der Waals surface area contributed by atoms with Crippen molar-refractivity contribution in [2.45, 2.75) is 84.9 Å². The molecule has 0 aliphatic rings. The Morgan fingerprint density at radius 2 is 1.86 bits per heavy atom. The van der Waals surface area contributed by atoms with E-state index in [1.807, 2.05) is 39.0 Å². The fraction of sp³-hybridized carbons (Fsp3) is 0.571. The van der Waals surface area contributed by atoms with Crippen molar-refractivity contribution < 1.29 is 19.1 Å². The standard InChI is InChI=1S/C28H41N5O4/c1-5-7-17-37-27(35)29-16-12-8-9-15-25(34)32-28(3,4)20-33-24(19-36-6-2)31-23-18-30-22-14-11-10-13-21(22)26(23)33/h10-11,13-14,18H,5-9,12,15-17,19-20H2,1-4H3,(H,29,35)(H,32,34). The maximum absolute atomic E-state index is 12.7. The highest BCUT2D eigenvalue weighted by Gasteiger charge is 2.25. The number of amides is 2. The average molecular weight is 512 g/mol. The van der Waals surface area contributed by atoms with Gasteiger partial charge in [0.05, 0.1) is 29.4 Å². The van der Waals surface area contributed by atoms with E-state index in [2.05, 4.69) is 33.2 Å². The summed E-state index contributed by atoms with van der Waals surface area (Å²) in [6, 6.07) is 8.02. The molecule has 3 rings (SSSR count). The van der Waals surface area contributed by atoms with E-state index >= 15 is 0 Å². The Labute approximate surface area is 219 Å². The predicted molar refractivity (Wildman–Crippen MR) is 145 cm³/mol. The molecule has 3 aromatic rings. The van der Waals surface area contributed by atoms with Gasteiger partial charge < -0.3 is 24.7 Å². The third kappa shape index (κ3) is 8.42. The van der Waals surface area contributed by atoms with Crippen LogP contribution in [0, 0.1) is 0 Å². The lowest BCUT2D eigenvalue weighted by Gasteiger charge is -2.28. The number of carbonyl (C=O) groups is 2. The van der Waals surface area contributed by atoms with Crippen LogP contribution in [0.15, 0.2) is 30.5 Å². The SMILES string of the molecule is CCCCOC(=O)NCCCCCC(=O)NC(C)(C)Cn1c(COCC)nc2cnc3ccccc3c21. The number of pyridine rings is 1. The summed E-state index contributed by atoms with van der Waals surface area (Å²) < 4.78 is 12.9. The van der Waals surface area contributed by atoms with E-state index in [0.717, 1.165) is 59.9 Å². The second-order valence-corrected chi connectivity index (χ2v) is 9.92. The molecule has 9 nitrogen and oxygen atoms in total. The fourth-order valence-electron chi connectivity index (χ4n) is 4.30.